The summed E-state index contributed by atoms with van der Waals surface area (Å²) in [7, 11) is 1.70. The fourth-order valence-electron chi connectivity index (χ4n) is 6.80. The molecule has 2 aliphatic carbocycles. The number of fused-ring (bicyclic) bond motifs is 3. The Hall–Kier alpha value is -3.65. The predicted octanol–water partition coefficient (Wildman–Crippen LogP) is 6.28. The maximum Gasteiger partial charge on any atom is 0.404 e. The van der Waals surface area contributed by atoms with Crippen molar-refractivity contribution in [1.29, 1.82) is 0 Å². The molecule has 8 heteroatoms. The number of methoxy groups -OCH3 is 1. The fourth-order valence-corrected chi connectivity index (χ4v) is 6.80. The van der Waals surface area contributed by atoms with Crippen molar-refractivity contribution in [2.24, 2.45) is 34.8 Å². The second-order valence-corrected chi connectivity index (χ2v) is 12.8. The Labute approximate surface area is 262 Å². The quantitative estimate of drug-likeness (QED) is 0.281. The standard InChI is InChI=1S/C36H50N2O6/c1-22-10-9-11-33(40)44-34(25(4)19-26(5)38-27(6)39)24(3)13-12-23(2)18-28-14-15-30-31(36(28,7)17-16-22)20-29(42-8)21-32(30)43-35(37)41/h9-19,24,26,28-32,34H,20-21H2,1-8H3,(H2,37,41)(H,38,39)/b11-9+,13-12+,17-16+,22-10-,23-18?,25-19+/t24-,26-,28-,29+,30-,31-,32+,34-,36+/m1/s1. The van der Waals surface area contributed by atoms with E-state index in [9.17, 15) is 14.4 Å². The Balaban J connectivity index is 2.07. The molecular formula is C36H50N2O6. The lowest BCUT2D eigenvalue weighted by atomic mass is 9.55. The van der Waals surface area contributed by atoms with Crippen LogP contribution in [0.2, 0.25) is 0 Å². The Morgan fingerprint density at radius 2 is 1.84 bits per heavy atom. The highest BCUT2D eigenvalue weighted by molar-refractivity contribution is 5.82. The second kappa shape index (κ2) is 15.4. The number of hydrogen-bond acceptors (Lipinski definition) is 6. The van der Waals surface area contributed by atoms with E-state index in [2.05, 4.69) is 61.7 Å². The van der Waals surface area contributed by atoms with Gasteiger partial charge in [0, 0.05) is 50.3 Å². The average molecular weight is 607 g/mol. The van der Waals surface area contributed by atoms with E-state index in [-0.39, 0.29) is 53.2 Å². The summed E-state index contributed by atoms with van der Waals surface area (Å²) in [6, 6.07) is -0.206. The van der Waals surface area contributed by atoms with E-state index < -0.39 is 18.2 Å². The predicted molar refractivity (Wildman–Crippen MR) is 173 cm³/mol. The van der Waals surface area contributed by atoms with Crippen LogP contribution in [0.15, 0.2) is 83.6 Å². The molecule has 2 amide bonds. The van der Waals surface area contributed by atoms with Gasteiger partial charge in [-0.15, -0.1) is 0 Å². The topological polar surface area (TPSA) is 117 Å². The molecule has 8 nitrogen and oxygen atoms in total. The summed E-state index contributed by atoms with van der Waals surface area (Å²) in [6.07, 6.45) is 21.8. The van der Waals surface area contributed by atoms with Crippen LogP contribution in [-0.2, 0) is 23.8 Å². The number of carbonyl (C=O) groups excluding carboxylic acids is 3. The molecule has 1 saturated carbocycles. The van der Waals surface area contributed by atoms with Crippen LogP contribution in [0.1, 0.15) is 61.3 Å². The molecule has 0 aromatic heterocycles. The Morgan fingerprint density at radius 3 is 2.50 bits per heavy atom. The molecule has 3 N–H and O–H groups in total. The lowest BCUT2D eigenvalue weighted by Crippen LogP contribution is -2.50. The van der Waals surface area contributed by atoms with Crippen LogP contribution < -0.4 is 11.1 Å². The van der Waals surface area contributed by atoms with Gasteiger partial charge in [0.15, 0.2) is 0 Å². The van der Waals surface area contributed by atoms with Crippen molar-refractivity contribution in [1.82, 2.24) is 5.32 Å². The van der Waals surface area contributed by atoms with Crippen LogP contribution in [0, 0.1) is 29.1 Å². The molecule has 0 aromatic rings. The van der Waals surface area contributed by atoms with Crippen molar-refractivity contribution in [3.05, 3.63) is 83.6 Å². The van der Waals surface area contributed by atoms with Crippen molar-refractivity contribution in [3.8, 4) is 0 Å². The van der Waals surface area contributed by atoms with Gasteiger partial charge in [0.1, 0.15) is 12.2 Å². The first kappa shape index (κ1) is 34.8. The molecule has 9 atom stereocenters. The van der Waals surface area contributed by atoms with Crippen molar-refractivity contribution in [2.75, 3.05) is 7.11 Å². The van der Waals surface area contributed by atoms with E-state index >= 15 is 0 Å². The Bertz CT molecular complexity index is 1290. The summed E-state index contributed by atoms with van der Waals surface area (Å²) >= 11 is 0. The van der Waals surface area contributed by atoms with Gasteiger partial charge in [-0.25, -0.2) is 9.59 Å². The number of hydrogen-bond donors (Lipinski definition) is 2. The maximum absolute atomic E-state index is 12.9. The number of allylic oxidation sites excluding steroid dienone is 9. The normalized spacial score (nSPS) is 37.0. The Kier molecular flexibility index (Phi) is 12.2. The summed E-state index contributed by atoms with van der Waals surface area (Å²) in [5, 5.41) is 2.86. The molecule has 0 radical (unpaired) electrons. The number of amides is 2. The monoisotopic (exact) mass is 606 g/mol. The average Bonchev–Trinajstić information content (AvgIpc) is 2.93. The number of rotatable bonds is 5. The maximum atomic E-state index is 12.9. The molecule has 0 unspecified atom stereocenters. The van der Waals surface area contributed by atoms with Gasteiger partial charge in [-0.05, 0) is 51.0 Å². The highest BCUT2D eigenvalue weighted by Gasteiger charge is 2.50. The molecule has 1 aliphatic heterocycles. The van der Waals surface area contributed by atoms with E-state index in [1.165, 1.54) is 13.0 Å². The summed E-state index contributed by atoms with van der Waals surface area (Å²) in [5.74, 6) is -0.501. The summed E-state index contributed by atoms with van der Waals surface area (Å²) in [6.45, 7) is 13.6. The van der Waals surface area contributed by atoms with Crippen molar-refractivity contribution >= 4 is 18.0 Å². The largest absolute Gasteiger partial charge is 0.454 e. The minimum Gasteiger partial charge on any atom is -0.454 e. The van der Waals surface area contributed by atoms with Gasteiger partial charge in [-0.3, -0.25) is 4.79 Å². The second-order valence-electron chi connectivity index (χ2n) is 12.8. The molecule has 44 heavy (non-hydrogen) atoms. The third-order valence-corrected chi connectivity index (χ3v) is 9.08. The van der Waals surface area contributed by atoms with Crippen molar-refractivity contribution in [2.45, 2.75) is 85.7 Å². The first-order valence-corrected chi connectivity index (χ1v) is 15.5. The van der Waals surface area contributed by atoms with E-state index in [4.69, 9.17) is 19.9 Å². The summed E-state index contributed by atoms with van der Waals surface area (Å²) in [4.78, 5) is 36.2. The molecular weight excluding hydrogens is 556 g/mol. The summed E-state index contributed by atoms with van der Waals surface area (Å²) < 4.78 is 17.4. The smallest absolute Gasteiger partial charge is 0.404 e. The van der Waals surface area contributed by atoms with E-state index in [0.29, 0.717) is 6.42 Å². The number of cyclic esters (lactones) is 1. The number of esters is 1. The fraction of sp³-hybridized carbons (Fsp3) is 0.528. The van der Waals surface area contributed by atoms with Gasteiger partial charge in [0.25, 0.3) is 0 Å². The highest BCUT2D eigenvalue weighted by atomic mass is 16.6. The van der Waals surface area contributed by atoms with Crippen LogP contribution in [-0.4, -0.2) is 49.4 Å². The zero-order valence-corrected chi connectivity index (χ0v) is 27.4. The van der Waals surface area contributed by atoms with E-state index in [1.807, 2.05) is 39.8 Å². The molecule has 0 bridgehead atoms. The summed E-state index contributed by atoms with van der Waals surface area (Å²) in [5.41, 5.74) is 8.05. The lowest BCUT2D eigenvalue weighted by molar-refractivity contribution is -0.142. The minimum atomic E-state index is -0.772. The van der Waals surface area contributed by atoms with Gasteiger partial charge >= 0.3 is 12.1 Å². The molecule has 0 spiro atoms. The molecule has 1 heterocycles. The van der Waals surface area contributed by atoms with Crippen molar-refractivity contribution < 1.29 is 28.6 Å². The van der Waals surface area contributed by atoms with Gasteiger partial charge in [0.05, 0.1) is 6.10 Å². The van der Waals surface area contributed by atoms with Crippen molar-refractivity contribution in [3.63, 3.8) is 0 Å². The molecule has 0 saturated heterocycles. The first-order chi connectivity index (χ1) is 20.7. The van der Waals surface area contributed by atoms with Crippen LogP contribution in [0.3, 0.4) is 0 Å². The van der Waals surface area contributed by atoms with Crippen LogP contribution in [0.25, 0.3) is 0 Å². The molecule has 240 valence electrons. The molecule has 3 rings (SSSR count). The van der Waals surface area contributed by atoms with E-state index in [0.717, 1.165) is 23.1 Å². The zero-order valence-electron chi connectivity index (χ0n) is 27.4. The molecule has 1 fully saturated rings. The molecule has 0 aromatic carbocycles. The number of nitrogens with one attached hydrogen (secondary N) is 1. The van der Waals surface area contributed by atoms with Gasteiger partial charge in [-0.1, -0.05) is 85.8 Å². The number of nitrogens with two attached hydrogens (primary N) is 1. The molecule has 3 aliphatic rings. The highest BCUT2D eigenvalue weighted by Crippen LogP contribution is 2.53. The van der Waals surface area contributed by atoms with Gasteiger partial charge < -0.3 is 25.3 Å². The number of ether oxygens (including phenoxy) is 3. The van der Waals surface area contributed by atoms with Gasteiger partial charge in [0.2, 0.25) is 5.91 Å². The lowest BCUT2D eigenvalue weighted by Gasteiger charge is -2.51. The zero-order chi connectivity index (χ0) is 32.6. The van der Waals surface area contributed by atoms with E-state index in [1.54, 1.807) is 13.2 Å². The number of primary amides is 1. The van der Waals surface area contributed by atoms with Crippen LogP contribution in [0.5, 0.6) is 0 Å². The van der Waals surface area contributed by atoms with Crippen LogP contribution in [0.4, 0.5) is 4.79 Å². The number of carbonyl (C=O) groups is 3. The van der Waals surface area contributed by atoms with Gasteiger partial charge in [-0.2, -0.15) is 0 Å². The first-order valence-electron chi connectivity index (χ1n) is 15.5. The SMILES string of the molecule is CO[C@@H]1C[C@H](OC(N)=O)[C@@H]2C=C[C@@H]3C=C(C)/C=C/[C@@H](C)[C@H](/C(C)=C/[C@@H](C)NC(C)=O)OC(=O)/C=C/C=C(C)\C=C\[C@]3(C)[C@@H]2C1. The van der Waals surface area contributed by atoms with Crippen LogP contribution >= 0.6 is 0 Å². The third kappa shape index (κ3) is 9.18. The Morgan fingerprint density at radius 1 is 1.11 bits per heavy atom. The third-order valence-electron chi connectivity index (χ3n) is 9.08. The minimum absolute atomic E-state index is 0.00372.